The second kappa shape index (κ2) is 5.39. The first-order chi connectivity index (χ1) is 7.15. The van der Waals surface area contributed by atoms with Crippen LogP contribution in [0.5, 0.6) is 0 Å². The Bertz CT molecular complexity index is 336. The highest BCUT2D eigenvalue weighted by atomic mass is 16.1. The van der Waals surface area contributed by atoms with Crippen molar-refractivity contribution in [2.75, 3.05) is 11.1 Å². The van der Waals surface area contributed by atoms with Gasteiger partial charge in [0.05, 0.1) is 11.4 Å². The SMILES string of the molecule is CCC[C@@H](C)C(=O)Nc1ccccc1N. The van der Waals surface area contributed by atoms with E-state index in [4.69, 9.17) is 5.73 Å². The van der Waals surface area contributed by atoms with Crippen molar-refractivity contribution in [3.05, 3.63) is 24.3 Å². The maximum absolute atomic E-state index is 11.7. The van der Waals surface area contributed by atoms with Crippen LogP contribution < -0.4 is 11.1 Å². The van der Waals surface area contributed by atoms with E-state index in [0.717, 1.165) is 12.8 Å². The standard InChI is InChI=1S/C12H18N2O/c1-3-6-9(2)12(15)14-11-8-5-4-7-10(11)13/h4-5,7-9H,3,6,13H2,1-2H3,(H,14,15)/t9-/m1/s1. The molecule has 0 saturated heterocycles. The molecule has 1 amide bonds. The molecule has 3 N–H and O–H groups in total. The first-order valence-electron chi connectivity index (χ1n) is 5.30. The van der Waals surface area contributed by atoms with Crippen molar-refractivity contribution in [3.8, 4) is 0 Å². The van der Waals surface area contributed by atoms with Crippen molar-refractivity contribution in [3.63, 3.8) is 0 Å². The summed E-state index contributed by atoms with van der Waals surface area (Å²) in [7, 11) is 0. The fourth-order valence-electron chi connectivity index (χ4n) is 1.43. The molecule has 0 aliphatic heterocycles. The normalized spacial score (nSPS) is 12.1. The van der Waals surface area contributed by atoms with Crippen molar-refractivity contribution >= 4 is 17.3 Å². The third kappa shape index (κ3) is 3.27. The molecule has 1 aromatic rings. The first kappa shape index (κ1) is 11.6. The van der Waals surface area contributed by atoms with E-state index in [1.165, 1.54) is 0 Å². The van der Waals surface area contributed by atoms with Gasteiger partial charge in [-0.25, -0.2) is 0 Å². The zero-order valence-corrected chi connectivity index (χ0v) is 9.29. The number of nitrogens with one attached hydrogen (secondary N) is 1. The lowest BCUT2D eigenvalue weighted by atomic mass is 10.1. The quantitative estimate of drug-likeness (QED) is 0.744. The average molecular weight is 206 g/mol. The number of benzene rings is 1. The number of carbonyl (C=O) groups is 1. The largest absolute Gasteiger partial charge is 0.397 e. The first-order valence-corrected chi connectivity index (χ1v) is 5.30. The Morgan fingerprint density at radius 2 is 2.13 bits per heavy atom. The molecule has 15 heavy (non-hydrogen) atoms. The van der Waals surface area contributed by atoms with Gasteiger partial charge < -0.3 is 11.1 Å². The number of hydrogen-bond acceptors (Lipinski definition) is 2. The Hall–Kier alpha value is -1.51. The van der Waals surface area contributed by atoms with E-state index in [1.54, 1.807) is 6.07 Å². The van der Waals surface area contributed by atoms with E-state index in [1.807, 2.05) is 25.1 Å². The molecule has 1 rings (SSSR count). The van der Waals surface area contributed by atoms with Gasteiger partial charge in [0.2, 0.25) is 5.91 Å². The minimum Gasteiger partial charge on any atom is -0.397 e. The number of amides is 1. The third-order valence-corrected chi connectivity index (χ3v) is 2.39. The molecule has 0 radical (unpaired) electrons. The Kier molecular flexibility index (Phi) is 4.16. The lowest BCUT2D eigenvalue weighted by molar-refractivity contribution is -0.119. The molecule has 0 heterocycles. The summed E-state index contributed by atoms with van der Waals surface area (Å²) in [6, 6.07) is 7.29. The Balaban J connectivity index is 2.62. The summed E-state index contributed by atoms with van der Waals surface area (Å²) in [5.74, 6) is 0.0735. The molecule has 0 aliphatic carbocycles. The van der Waals surface area contributed by atoms with Crippen molar-refractivity contribution in [2.45, 2.75) is 26.7 Å². The Morgan fingerprint density at radius 1 is 1.47 bits per heavy atom. The Labute approximate surface area is 90.7 Å². The number of hydrogen-bond donors (Lipinski definition) is 2. The highest BCUT2D eigenvalue weighted by molar-refractivity contribution is 5.95. The zero-order valence-electron chi connectivity index (χ0n) is 9.29. The molecule has 82 valence electrons. The van der Waals surface area contributed by atoms with Crippen molar-refractivity contribution < 1.29 is 4.79 Å². The lowest BCUT2D eigenvalue weighted by Crippen LogP contribution is -2.20. The van der Waals surface area contributed by atoms with Crippen LogP contribution in [0.2, 0.25) is 0 Å². The van der Waals surface area contributed by atoms with Crippen molar-refractivity contribution in [1.29, 1.82) is 0 Å². The predicted octanol–water partition coefficient (Wildman–Crippen LogP) is 2.64. The molecule has 1 atom stereocenters. The smallest absolute Gasteiger partial charge is 0.227 e. The third-order valence-electron chi connectivity index (χ3n) is 2.39. The van der Waals surface area contributed by atoms with E-state index < -0.39 is 0 Å². The lowest BCUT2D eigenvalue weighted by Gasteiger charge is -2.12. The number of nitrogens with two attached hydrogens (primary N) is 1. The maximum atomic E-state index is 11.7. The number of rotatable bonds is 4. The monoisotopic (exact) mass is 206 g/mol. The minimum atomic E-state index is 0.0367. The van der Waals surface area contributed by atoms with Gasteiger partial charge in [0.15, 0.2) is 0 Å². The molecule has 1 aromatic carbocycles. The highest BCUT2D eigenvalue weighted by Gasteiger charge is 2.12. The molecule has 0 unspecified atom stereocenters. The van der Waals surface area contributed by atoms with Crippen LogP contribution >= 0.6 is 0 Å². The number of para-hydroxylation sites is 2. The van der Waals surface area contributed by atoms with Crippen molar-refractivity contribution in [2.24, 2.45) is 5.92 Å². The molecule has 0 spiro atoms. The summed E-state index contributed by atoms with van der Waals surface area (Å²) in [5.41, 5.74) is 7.03. The van der Waals surface area contributed by atoms with Crippen LogP contribution in [0.4, 0.5) is 11.4 Å². The van der Waals surface area contributed by atoms with Gasteiger partial charge in [-0.05, 0) is 18.6 Å². The van der Waals surface area contributed by atoms with E-state index in [-0.39, 0.29) is 11.8 Å². The molecule has 3 nitrogen and oxygen atoms in total. The molecule has 0 bridgehead atoms. The summed E-state index contributed by atoms with van der Waals surface area (Å²) < 4.78 is 0. The molecule has 0 fully saturated rings. The van der Waals surface area contributed by atoms with Crippen LogP contribution in [-0.2, 0) is 4.79 Å². The molecular weight excluding hydrogens is 188 g/mol. The fraction of sp³-hybridized carbons (Fsp3) is 0.417. The van der Waals surface area contributed by atoms with Crippen LogP contribution in [0.1, 0.15) is 26.7 Å². The summed E-state index contributed by atoms with van der Waals surface area (Å²) in [4.78, 5) is 11.7. The highest BCUT2D eigenvalue weighted by Crippen LogP contribution is 2.18. The van der Waals surface area contributed by atoms with Crippen LogP contribution in [-0.4, -0.2) is 5.91 Å². The zero-order chi connectivity index (χ0) is 11.3. The van der Waals surface area contributed by atoms with Crippen LogP contribution in [0.25, 0.3) is 0 Å². The van der Waals surface area contributed by atoms with E-state index in [0.29, 0.717) is 11.4 Å². The molecule has 0 aliphatic rings. The van der Waals surface area contributed by atoms with Gasteiger partial charge in [-0.1, -0.05) is 32.4 Å². The summed E-state index contributed by atoms with van der Waals surface area (Å²) >= 11 is 0. The summed E-state index contributed by atoms with van der Waals surface area (Å²) in [5, 5.41) is 2.83. The van der Waals surface area contributed by atoms with E-state index >= 15 is 0 Å². The van der Waals surface area contributed by atoms with Gasteiger partial charge >= 0.3 is 0 Å². The molecule has 0 saturated carbocycles. The second-order valence-electron chi connectivity index (χ2n) is 3.77. The van der Waals surface area contributed by atoms with Gasteiger partial charge in [-0.15, -0.1) is 0 Å². The van der Waals surface area contributed by atoms with Crippen LogP contribution in [0.15, 0.2) is 24.3 Å². The predicted molar refractivity (Wildman–Crippen MR) is 63.6 cm³/mol. The molecule has 3 heteroatoms. The summed E-state index contributed by atoms with van der Waals surface area (Å²) in [6.45, 7) is 4.00. The van der Waals surface area contributed by atoms with E-state index in [2.05, 4.69) is 12.2 Å². The van der Waals surface area contributed by atoms with E-state index in [9.17, 15) is 4.79 Å². The van der Waals surface area contributed by atoms with Gasteiger partial charge in [-0.2, -0.15) is 0 Å². The topological polar surface area (TPSA) is 55.1 Å². The van der Waals surface area contributed by atoms with Gasteiger partial charge in [0.25, 0.3) is 0 Å². The Morgan fingerprint density at radius 3 is 2.73 bits per heavy atom. The van der Waals surface area contributed by atoms with Gasteiger partial charge in [-0.3, -0.25) is 4.79 Å². The van der Waals surface area contributed by atoms with Crippen molar-refractivity contribution in [1.82, 2.24) is 0 Å². The summed E-state index contributed by atoms with van der Waals surface area (Å²) in [6.07, 6.45) is 1.91. The molecular formula is C12H18N2O. The van der Waals surface area contributed by atoms with Crippen LogP contribution in [0, 0.1) is 5.92 Å². The van der Waals surface area contributed by atoms with Crippen LogP contribution in [0.3, 0.4) is 0 Å². The number of carbonyl (C=O) groups excluding carboxylic acids is 1. The number of anilines is 2. The average Bonchev–Trinajstić information content (AvgIpc) is 2.21. The second-order valence-corrected chi connectivity index (χ2v) is 3.77. The number of nitrogen functional groups attached to an aromatic ring is 1. The van der Waals surface area contributed by atoms with Gasteiger partial charge in [0, 0.05) is 5.92 Å². The molecule has 0 aromatic heterocycles. The fourth-order valence-corrected chi connectivity index (χ4v) is 1.43. The maximum Gasteiger partial charge on any atom is 0.227 e. The minimum absolute atomic E-state index is 0.0367. The van der Waals surface area contributed by atoms with Gasteiger partial charge in [0.1, 0.15) is 0 Å².